The Kier molecular flexibility index (Phi) is 6.49. The SMILES string of the molecule is CCN(C(=O)/C=C/c1ccc([N+](=O)[O-])cc1)C(C)c1cccc(OC)c1. The van der Waals surface area contributed by atoms with Gasteiger partial charge in [0, 0.05) is 24.8 Å². The highest BCUT2D eigenvalue weighted by Gasteiger charge is 2.18. The zero-order valence-corrected chi connectivity index (χ0v) is 15.1. The first kappa shape index (κ1) is 19.2. The zero-order valence-electron chi connectivity index (χ0n) is 15.1. The molecule has 0 saturated carbocycles. The van der Waals surface area contributed by atoms with Crippen molar-refractivity contribution in [3.8, 4) is 5.75 Å². The highest BCUT2D eigenvalue weighted by molar-refractivity contribution is 5.92. The Bertz CT molecular complexity index is 800. The average Bonchev–Trinajstić information content (AvgIpc) is 2.67. The van der Waals surface area contributed by atoms with E-state index in [2.05, 4.69) is 0 Å². The minimum absolute atomic E-state index is 0.0234. The minimum atomic E-state index is -0.451. The van der Waals surface area contributed by atoms with Gasteiger partial charge < -0.3 is 9.64 Å². The van der Waals surface area contributed by atoms with E-state index in [0.717, 1.165) is 16.9 Å². The summed E-state index contributed by atoms with van der Waals surface area (Å²) >= 11 is 0. The van der Waals surface area contributed by atoms with Gasteiger partial charge in [-0.15, -0.1) is 0 Å². The number of nitrogens with zero attached hydrogens (tertiary/aromatic N) is 2. The van der Waals surface area contributed by atoms with Crippen molar-refractivity contribution in [1.82, 2.24) is 4.90 Å². The average molecular weight is 354 g/mol. The number of benzene rings is 2. The van der Waals surface area contributed by atoms with E-state index in [0.29, 0.717) is 6.54 Å². The van der Waals surface area contributed by atoms with Crippen LogP contribution < -0.4 is 4.74 Å². The molecule has 2 aromatic carbocycles. The van der Waals surface area contributed by atoms with E-state index >= 15 is 0 Å². The van der Waals surface area contributed by atoms with Crippen LogP contribution in [0.4, 0.5) is 5.69 Å². The predicted octanol–water partition coefficient (Wildman–Crippen LogP) is 4.23. The molecule has 2 aromatic rings. The van der Waals surface area contributed by atoms with E-state index in [1.165, 1.54) is 18.2 Å². The number of likely N-dealkylation sites (N-methyl/N-ethyl adjacent to an activating group) is 1. The lowest BCUT2D eigenvalue weighted by Crippen LogP contribution is -2.32. The lowest BCUT2D eigenvalue weighted by molar-refractivity contribution is -0.384. The number of carbonyl (C=O) groups is 1. The summed E-state index contributed by atoms with van der Waals surface area (Å²) < 4.78 is 5.25. The second kappa shape index (κ2) is 8.80. The molecule has 0 saturated heterocycles. The quantitative estimate of drug-likeness (QED) is 0.424. The number of methoxy groups -OCH3 is 1. The number of rotatable bonds is 7. The lowest BCUT2D eigenvalue weighted by Gasteiger charge is -2.27. The number of nitro groups is 1. The Labute approximate surface area is 152 Å². The molecule has 1 unspecified atom stereocenters. The third kappa shape index (κ3) is 4.69. The van der Waals surface area contributed by atoms with E-state index in [9.17, 15) is 14.9 Å². The number of hydrogen-bond donors (Lipinski definition) is 0. The largest absolute Gasteiger partial charge is 0.497 e. The number of nitro benzene ring substituents is 1. The molecule has 0 heterocycles. The third-order valence-corrected chi connectivity index (χ3v) is 4.19. The van der Waals surface area contributed by atoms with Crippen molar-refractivity contribution in [1.29, 1.82) is 0 Å². The van der Waals surface area contributed by atoms with Gasteiger partial charge in [0.25, 0.3) is 5.69 Å². The lowest BCUT2D eigenvalue weighted by atomic mass is 10.1. The number of ether oxygens (including phenoxy) is 1. The van der Waals surface area contributed by atoms with Crippen LogP contribution in [0.15, 0.2) is 54.6 Å². The zero-order chi connectivity index (χ0) is 19.1. The molecule has 0 aromatic heterocycles. The van der Waals surface area contributed by atoms with Gasteiger partial charge >= 0.3 is 0 Å². The van der Waals surface area contributed by atoms with Crippen LogP contribution in [0.2, 0.25) is 0 Å². The summed E-state index contributed by atoms with van der Waals surface area (Å²) in [6.45, 7) is 4.45. The summed E-state index contributed by atoms with van der Waals surface area (Å²) in [6.07, 6.45) is 3.15. The molecule has 0 fully saturated rings. The van der Waals surface area contributed by atoms with Gasteiger partial charge in [0.05, 0.1) is 18.1 Å². The van der Waals surface area contributed by atoms with Crippen molar-refractivity contribution < 1.29 is 14.5 Å². The molecule has 0 bridgehead atoms. The molecule has 0 aliphatic heterocycles. The van der Waals surface area contributed by atoms with Gasteiger partial charge in [-0.05, 0) is 55.3 Å². The van der Waals surface area contributed by atoms with Crippen LogP contribution in [0.3, 0.4) is 0 Å². The van der Waals surface area contributed by atoms with E-state index in [1.54, 1.807) is 30.2 Å². The minimum Gasteiger partial charge on any atom is -0.497 e. The van der Waals surface area contributed by atoms with Crippen molar-refractivity contribution in [2.45, 2.75) is 19.9 Å². The van der Waals surface area contributed by atoms with Crippen molar-refractivity contribution >= 4 is 17.7 Å². The Morgan fingerprint density at radius 1 is 1.27 bits per heavy atom. The Balaban J connectivity index is 2.13. The molecule has 0 aliphatic rings. The summed E-state index contributed by atoms with van der Waals surface area (Å²) in [4.78, 5) is 24.6. The van der Waals surface area contributed by atoms with Crippen LogP contribution in [0.5, 0.6) is 5.75 Å². The summed E-state index contributed by atoms with van der Waals surface area (Å²) in [5.74, 6) is 0.625. The molecule has 136 valence electrons. The summed E-state index contributed by atoms with van der Waals surface area (Å²) in [5.41, 5.74) is 1.74. The highest BCUT2D eigenvalue weighted by Crippen LogP contribution is 2.24. The highest BCUT2D eigenvalue weighted by atomic mass is 16.6. The maximum absolute atomic E-state index is 12.6. The maximum Gasteiger partial charge on any atom is 0.269 e. The maximum atomic E-state index is 12.6. The van der Waals surface area contributed by atoms with Gasteiger partial charge in [-0.1, -0.05) is 12.1 Å². The van der Waals surface area contributed by atoms with Crippen molar-refractivity contribution in [2.24, 2.45) is 0 Å². The molecule has 1 amide bonds. The second-order valence-corrected chi connectivity index (χ2v) is 5.76. The van der Waals surface area contributed by atoms with Crippen molar-refractivity contribution in [2.75, 3.05) is 13.7 Å². The van der Waals surface area contributed by atoms with E-state index in [4.69, 9.17) is 4.74 Å². The Morgan fingerprint density at radius 2 is 1.96 bits per heavy atom. The smallest absolute Gasteiger partial charge is 0.269 e. The molecule has 2 rings (SSSR count). The van der Waals surface area contributed by atoms with Crippen LogP contribution in [0.1, 0.15) is 31.0 Å². The van der Waals surface area contributed by atoms with E-state index in [1.807, 2.05) is 38.1 Å². The standard InChI is InChI=1S/C20H22N2O4/c1-4-21(15(2)17-6-5-7-19(14-17)26-3)20(23)13-10-16-8-11-18(12-9-16)22(24)25/h5-15H,4H2,1-3H3/b13-10+. The van der Waals surface area contributed by atoms with Crippen LogP contribution in [0.25, 0.3) is 6.08 Å². The van der Waals surface area contributed by atoms with E-state index in [-0.39, 0.29) is 17.6 Å². The predicted molar refractivity (Wildman–Crippen MR) is 101 cm³/mol. The number of carbonyl (C=O) groups excluding carboxylic acids is 1. The van der Waals surface area contributed by atoms with Crippen LogP contribution >= 0.6 is 0 Å². The third-order valence-electron chi connectivity index (χ3n) is 4.19. The fourth-order valence-electron chi connectivity index (χ4n) is 2.67. The first-order valence-electron chi connectivity index (χ1n) is 8.33. The molecule has 6 nitrogen and oxygen atoms in total. The number of amides is 1. The topological polar surface area (TPSA) is 72.7 Å². The number of non-ortho nitro benzene ring substituents is 1. The van der Waals surface area contributed by atoms with Crippen LogP contribution in [0, 0.1) is 10.1 Å². The monoisotopic (exact) mass is 354 g/mol. The Morgan fingerprint density at radius 3 is 2.54 bits per heavy atom. The van der Waals surface area contributed by atoms with Gasteiger partial charge in [0.15, 0.2) is 0 Å². The molecule has 0 spiro atoms. The molecule has 0 aliphatic carbocycles. The van der Waals surface area contributed by atoms with Crippen molar-refractivity contribution in [3.05, 3.63) is 75.8 Å². The first-order valence-corrected chi connectivity index (χ1v) is 8.33. The number of hydrogen-bond acceptors (Lipinski definition) is 4. The van der Waals surface area contributed by atoms with Crippen LogP contribution in [-0.4, -0.2) is 29.4 Å². The van der Waals surface area contributed by atoms with E-state index < -0.39 is 4.92 Å². The Hall–Kier alpha value is -3.15. The molecule has 26 heavy (non-hydrogen) atoms. The first-order chi connectivity index (χ1) is 12.5. The van der Waals surface area contributed by atoms with Gasteiger partial charge in [0.2, 0.25) is 5.91 Å². The summed E-state index contributed by atoms with van der Waals surface area (Å²) in [7, 11) is 1.61. The molecule has 0 N–H and O–H groups in total. The summed E-state index contributed by atoms with van der Waals surface area (Å²) in [5, 5.41) is 10.7. The molecular weight excluding hydrogens is 332 g/mol. The molecule has 6 heteroatoms. The van der Waals surface area contributed by atoms with Gasteiger partial charge in [0.1, 0.15) is 5.75 Å². The summed E-state index contributed by atoms with van der Waals surface area (Å²) in [6, 6.07) is 13.6. The van der Waals surface area contributed by atoms with Gasteiger partial charge in [-0.3, -0.25) is 14.9 Å². The van der Waals surface area contributed by atoms with Crippen LogP contribution in [-0.2, 0) is 4.79 Å². The van der Waals surface area contributed by atoms with Gasteiger partial charge in [-0.25, -0.2) is 0 Å². The van der Waals surface area contributed by atoms with Gasteiger partial charge in [-0.2, -0.15) is 0 Å². The van der Waals surface area contributed by atoms with Crippen molar-refractivity contribution in [3.63, 3.8) is 0 Å². The normalized spacial score (nSPS) is 12.0. The fraction of sp³-hybridized carbons (Fsp3) is 0.250. The second-order valence-electron chi connectivity index (χ2n) is 5.76. The molecular formula is C20H22N2O4. The molecule has 1 atom stereocenters. The fourth-order valence-corrected chi connectivity index (χ4v) is 2.67. The molecule has 0 radical (unpaired) electrons.